The maximum atomic E-state index is 6.03. The Balaban J connectivity index is 1.83. The first-order chi connectivity index (χ1) is 12.8. The lowest BCUT2D eigenvalue weighted by molar-refractivity contribution is 0.360. The molecule has 136 valence electrons. The molecule has 0 bridgehead atoms. The fraction of sp³-hybridized carbons (Fsp3) is 0.417. The van der Waals surface area contributed by atoms with Crippen LogP contribution in [0.2, 0.25) is 0 Å². The van der Waals surface area contributed by atoms with Crippen molar-refractivity contribution in [3.8, 4) is 0 Å². The number of fused-ring (bicyclic) bond motifs is 1. The van der Waals surface area contributed by atoms with Crippen LogP contribution in [0.4, 0.5) is 0 Å². The zero-order valence-electron chi connectivity index (χ0n) is 15.8. The minimum atomic E-state index is 0.370. The van der Waals surface area contributed by atoms with E-state index in [0.29, 0.717) is 18.5 Å². The number of nitrogens with zero attached hydrogens (tertiary/aromatic N) is 1. The average Bonchev–Trinajstić information content (AvgIpc) is 3.06. The monoisotopic (exact) mass is 346 g/mol. The van der Waals surface area contributed by atoms with Crippen molar-refractivity contribution in [3.63, 3.8) is 0 Å². The Kier molecular flexibility index (Phi) is 5.12. The molecule has 0 radical (unpaired) electrons. The molecule has 0 amide bonds. The predicted molar refractivity (Wildman–Crippen MR) is 111 cm³/mol. The van der Waals surface area contributed by atoms with Crippen molar-refractivity contribution in [1.82, 2.24) is 4.57 Å². The number of benzene rings is 2. The second kappa shape index (κ2) is 7.67. The molecule has 1 saturated carbocycles. The molecule has 3 aromatic rings. The Hall–Kier alpha value is -2.06. The molecular formula is C24H30N2. The van der Waals surface area contributed by atoms with Gasteiger partial charge in [-0.05, 0) is 49.9 Å². The van der Waals surface area contributed by atoms with E-state index in [1.165, 1.54) is 59.7 Å². The van der Waals surface area contributed by atoms with Gasteiger partial charge in [-0.25, -0.2) is 0 Å². The van der Waals surface area contributed by atoms with E-state index in [1.54, 1.807) is 0 Å². The van der Waals surface area contributed by atoms with Crippen LogP contribution in [0.5, 0.6) is 0 Å². The van der Waals surface area contributed by atoms with Crippen LogP contribution in [0.1, 0.15) is 67.2 Å². The number of aryl methyl sites for hydroxylation is 1. The molecular weight excluding hydrogens is 316 g/mol. The predicted octanol–water partition coefficient (Wildman–Crippen LogP) is 5.94. The van der Waals surface area contributed by atoms with Crippen molar-refractivity contribution < 1.29 is 0 Å². The molecule has 4 rings (SSSR count). The molecule has 2 nitrogen and oxygen atoms in total. The summed E-state index contributed by atoms with van der Waals surface area (Å²) in [6.07, 6.45) is 10.2. The highest BCUT2D eigenvalue weighted by molar-refractivity contribution is 5.85. The summed E-state index contributed by atoms with van der Waals surface area (Å²) >= 11 is 0. The van der Waals surface area contributed by atoms with Crippen molar-refractivity contribution in [2.24, 2.45) is 5.73 Å². The third kappa shape index (κ3) is 3.31. The standard InChI is InChI=1S/C24H30N2/c1-18-8-7-9-19(16-18)21(14-15-25)23-17-26(20-10-3-2-4-11-20)24-13-6-5-12-22(23)24/h5-9,12-13,16-17,20-21H,2-4,10-11,14-15,25H2,1H3. The molecule has 0 saturated heterocycles. The van der Waals surface area contributed by atoms with Gasteiger partial charge in [-0.1, -0.05) is 67.3 Å². The second-order valence-corrected chi connectivity index (χ2v) is 7.84. The molecule has 2 N–H and O–H groups in total. The number of hydrogen-bond donors (Lipinski definition) is 1. The maximum Gasteiger partial charge on any atom is 0.0485 e. The molecule has 1 heterocycles. The highest BCUT2D eigenvalue weighted by Gasteiger charge is 2.23. The van der Waals surface area contributed by atoms with Crippen LogP contribution >= 0.6 is 0 Å². The largest absolute Gasteiger partial charge is 0.344 e. The van der Waals surface area contributed by atoms with Gasteiger partial charge in [-0.2, -0.15) is 0 Å². The van der Waals surface area contributed by atoms with Gasteiger partial charge in [0.05, 0.1) is 0 Å². The van der Waals surface area contributed by atoms with Crippen molar-refractivity contribution in [2.75, 3.05) is 6.54 Å². The average molecular weight is 347 g/mol. The molecule has 2 heteroatoms. The summed E-state index contributed by atoms with van der Waals surface area (Å²) in [6, 6.07) is 18.5. The summed E-state index contributed by atoms with van der Waals surface area (Å²) in [5, 5.41) is 1.40. The molecule has 1 aliphatic carbocycles. The van der Waals surface area contributed by atoms with E-state index < -0.39 is 0 Å². The van der Waals surface area contributed by atoms with Crippen LogP contribution in [0, 0.1) is 6.92 Å². The SMILES string of the molecule is Cc1cccc(C(CCN)c2cn(C3CCCCC3)c3ccccc23)c1. The lowest BCUT2D eigenvalue weighted by atomic mass is 9.87. The molecule has 1 atom stereocenters. The number of aromatic nitrogens is 1. The number of rotatable bonds is 5. The van der Waals surface area contributed by atoms with Gasteiger partial charge in [0.15, 0.2) is 0 Å². The zero-order chi connectivity index (χ0) is 17.9. The molecule has 1 unspecified atom stereocenters. The van der Waals surface area contributed by atoms with Crippen LogP contribution in [-0.2, 0) is 0 Å². The molecule has 1 aromatic heterocycles. The van der Waals surface area contributed by atoms with E-state index in [2.05, 4.69) is 66.2 Å². The number of para-hydroxylation sites is 1. The highest BCUT2D eigenvalue weighted by Crippen LogP contribution is 2.38. The fourth-order valence-corrected chi connectivity index (χ4v) is 4.73. The number of hydrogen-bond acceptors (Lipinski definition) is 1. The van der Waals surface area contributed by atoms with E-state index in [-0.39, 0.29) is 0 Å². The van der Waals surface area contributed by atoms with Gasteiger partial charge >= 0.3 is 0 Å². The van der Waals surface area contributed by atoms with Gasteiger partial charge in [-0.3, -0.25) is 0 Å². The van der Waals surface area contributed by atoms with E-state index >= 15 is 0 Å². The van der Waals surface area contributed by atoms with Crippen LogP contribution in [-0.4, -0.2) is 11.1 Å². The molecule has 1 aliphatic rings. The topological polar surface area (TPSA) is 30.9 Å². The third-order valence-corrected chi connectivity index (χ3v) is 6.01. The van der Waals surface area contributed by atoms with Gasteiger partial charge < -0.3 is 10.3 Å². The van der Waals surface area contributed by atoms with Crippen LogP contribution in [0.3, 0.4) is 0 Å². The summed E-state index contributed by atoms with van der Waals surface area (Å²) in [5.74, 6) is 0.370. The van der Waals surface area contributed by atoms with Gasteiger partial charge in [-0.15, -0.1) is 0 Å². The summed E-state index contributed by atoms with van der Waals surface area (Å²) < 4.78 is 2.57. The summed E-state index contributed by atoms with van der Waals surface area (Å²) in [4.78, 5) is 0. The third-order valence-electron chi connectivity index (χ3n) is 6.01. The summed E-state index contributed by atoms with van der Waals surface area (Å²) in [7, 11) is 0. The lowest BCUT2D eigenvalue weighted by Crippen LogP contribution is -2.12. The first-order valence-electron chi connectivity index (χ1n) is 10.1. The smallest absolute Gasteiger partial charge is 0.0485 e. The normalized spacial score (nSPS) is 16.8. The Labute approximate surface area is 157 Å². The number of nitrogens with two attached hydrogens (primary N) is 1. The van der Waals surface area contributed by atoms with E-state index in [9.17, 15) is 0 Å². The summed E-state index contributed by atoms with van der Waals surface area (Å²) in [6.45, 7) is 2.88. The Morgan fingerprint density at radius 1 is 1.04 bits per heavy atom. The summed E-state index contributed by atoms with van der Waals surface area (Å²) in [5.41, 5.74) is 11.6. The van der Waals surface area contributed by atoms with Crippen LogP contribution < -0.4 is 5.73 Å². The fourth-order valence-electron chi connectivity index (χ4n) is 4.73. The Morgan fingerprint density at radius 2 is 1.85 bits per heavy atom. The van der Waals surface area contributed by atoms with E-state index in [4.69, 9.17) is 5.73 Å². The van der Waals surface area contributed by atoms with Gasteiger partial charge in [0.2, 0.25) is 0 Å². The molecule has 0 spiro atoms. The Morgan fingerprint density at radius 3 is 2.62 bits per heavy atom. The second-order valence-electron chi connectivity index (χ2n) is 7.84. The lowest BCUT2D eigenvalue weighted by Gasteiger charge is -2.24. The first-order valence-corrected chi connectivity index (χ1v) is 10.1. The molecule has 26 heavy (non-hydrogen) atoms. The van der Waals surface area contributed by atoms with Crippen molar-refractivity contribution in [1.29, 1.82) is 0 Å². The highest BCUT2D eigenvalue weighted by atomic mass is 15.0. The van der Waals surface area contributed by atoms with Crippen LogP contribution in [0.25, 0.3) is 10.9 Å². The molecule has 2 aromatic carbocycles. The first kappa shape index (κ1) is 17.4. The molecule has 0 aliphatic heterocycles. The van der Waals surface area contributed by atoms with E-state index in [0.717, 1.165) is 6.42 Å². The van der Waals surface area contributed by atoms with Gasteiger partial charge in [0, 0.05) is 29.1 Å². The van der Waals surface area contributed by atoms with Crippen molar-refractivity contribution in [3.05, 3.63) is 71.4 Å². The quantitative estimate of drug-likeness (QED) is 0.609. The van der Waals surface area contributed by atoms with Crippen molar-refractivity contribution in [2.45, 2.75) is 57.4 Å². The van der Waals surface area contributed by atoms with Gasteiger partial charge in [0.1, 0.15) is 0 Å². The minimum absolute atomic E-state index is 0.370. The van der Waals surface area contributed by atoms with E-state index in [1.807, 2.05) is 0 Å². The zero-order valence-corrected chi connectivity index (χ0v) is 15.8. The van der Waals surface area contributed by atoms with Crippen LogP contribution in [0.15, 0.2) is 54.7 Å². The maximum absolute atomic E-state index is 6.03. The van der Waals surface area contributed by atoms with Gasteiger partial charge in [0.25, 0.3) is 0 Å². The molecule has 1 fully saturated rings. The van der Waals surface area contributed by atoms with Crippen molar-refractivity contribution >= 4 is 10.9 Å². The Bertz CT molecular complexity index is 871. The minimum Gasteiger partial charge on any atom is -0.344 e.